The Hall–Kier alpha value is -1.40. The van der Waals surface area contributed by atoms with Crippen LogP contribution < -0.4 is 10.6 Å². The Morgan fingerprint density at radius 1 is 1.42 bits per heavy atom. The predicted octanol–water partition coefficient (Wildman–Crippen LogP) is 2.71. The average molecular weight is 276 g/mol. The van der Waals surface area contributed by atoms with Gasteiger partial charge in [0.05, 0.1) is 11.4 Å². The second-order valence-corrected chi connectivity index (χ2v) is 5.02. The lowest BCUT2D eigenvalue weighted by Gasteiger charge is -2.26. The van der Waals surface area contributed by atoms with Crippen molar-refractivity contribution in [2.45, 2.75) is 51.9 Å². The summed E-state index contributed by atoms with van der Waals surface area (Å²) in [4.78, 5) is 1.37. The third-order valence-electron chi connectivity index (χ3n) is 3.19. The van der Waals surface area contributed by atoms with Gasteiger partial charge in [-0.25, -0.2) is 4.68 Å². The molecule has 0 saturated heterocycles. The molecule has 19 heavy (non-hydrogen) atoms. The molecule has 2 N–H and O–H groups in total. The molecule has 1 aliphatic carbocycles. The maximum absolute atomic E-state index is 12.7. The van der Waals surface area contributed by atoms with Gasteiger partial charge in [-0.2, -0.15) is 18.3 Å². The minimum absolute atomic E-state index is 0.0596. The number of rotatable bonds is 5. The molecule has 1 aromatic rings. The zero-order chi connectivity index (χ0) is 14.2. The van der Waals surface area contributed by atoms with E-state index in [1.54, 1.807) is 11.6 Å². The van der Waals surface area contributed by atoms with E-state index in [4.69, 9.17) is 5.73 Å². The molecular weight excluding hydrogens is 257 g/mol. The van der Waals surface area contributed by atoms with Crippen LogP contribution in [0.1, 0.15) is 31.9 Å². The van der Waals surface area contributed by atoms with Crippen LogP contribution in [0.15, 0.2) is 0 Å². The molecule has 0 amide bonds. The molecule has 0 radical (unpaired) electrons. The number of halogens is 3. The number of hydrogen-bond donors (Lipinski definition) is 1. The summed E-state index contributed by atoms with van der Waals surface area (Å²) in [5.41, 5.74) is 6.89. The maximum Gasteiger partial charge on any atom is 0.405 e. The average Bonchev–Trinajstić information content (AvgIpc) is 3.06. The first-order valence-corrected chi connectivity index (χ1v) is 6.49. The molecule has 1 aromatic heterocycles. The summed E-state index contributed by atoms with van der Waals surface area (Å²) in [6.07, 6.45) is -1.86. The van der Waals surface area contributed by atoms with Crippen LogP contribution in [0.4, 0.5) is 24.7 Å². The molecule has 0 aliphatic heterocycles. The minimum atomic E-state index is -4.23. The van der Waals surface area contributed by atoms with Crippen LogP contribution in [0, 0.1) is 6.92 Å². The van der Waals surface area contributed by atoms with Crippen LogP contribution in [0.25, 0.3) is 0 Å². The van der Waals surface area contributed by atoms with Gasteiger partial charge in [0.15, 0.2) is 5.82 Å². The molecule has 0 aromatic carbocycles. The van der Waals surface area contributed by atoms with Gasteiger partial charge in [0.2, 0.25) is 0 Å². The van der Waals surface area contributed by atoms with Gasteiger partial charge in [0.25, 0.3) is 0 Å². The molecule has 1 saturated carbocycles. The summed E-state index contributed by atoms with van der Waals surface area (Å²) in [6, 6.07) is -0.0596. The van der Waals surface area contributed by atoms with E-state index in [0.717, 1.165) is 19.3 Å². The van der Waals surface area contributed by atoms with E-state index in [1.165, 1.54) is 4.90 Å². The summed E-state index contributed by atoms with van der Waals surface area (Å²) in [5.74, 6) is 0.430. The van der Waals surface area contributed by atoms with Gasteiger partial charge >= 0.3 is 6.18 Å². The number of nitrogens with zero attached hydrogens (tertiary/aromatic N) is 3. The van der Waals surface area contributed by atoms with E-state index >= 15 is 0 Å². The molecular formula is C12H19F3N4. The van der Waals surface area contributed by atoms with Crippen molar-refractivity contribution in [2.24, 2.45) is 0 Å². The van der Waals surface area contributed by atoms with E-state index in [0.29, 0.717) is 23.7 Å². The highest BCUT2D eigenvalue weighted by molar-refractivity contribution is 5.67. The maximum atomic E-state index is 12.7. The van der Waals surface area contributed by atoms with Gasteiger partial charge < -0.3 is 10.6 Å². The lowest BCUT2D eigenvalue weighted by molar-refractivity contribution is -0.120. The molecule has 0 atom stereocenters. The number of nitrogens with two attached hydrogens (primary N) is 1. The molecule has 2 rings (SSSR count). The van der Waals surface area contributed by atoms with Crippen LogP contribution in [0.5, 0.6) is 0 Å². The third-order valence-corrected chi connectivity index (χ3v) is 3.19. The Kier molecular flexibility index (Phi) is 3.64. The number of alkyl halides is 3. The van der Waals surface area contributed by atoms with Gasteiger partial charge in [-0.05, 0) is 26.2 Å². The van der Waals surface area contributed by atoms with Crippen molar-refractivity contribution in [1.29, 1.82) is 0 Å². The number of hydrogen-bond acceptors (Lipinski definition) is 3. The van der Waals surface area contributed by atoms with E-state index in [1.807, 2.05) is 6.92 Å². The Morgan fingerprint density at radius 3 is 2.53 bits per heavy atom. The number of aromatic nitrogens is 2. The molecule has 1 aliphatic rings. The van der Waals surface area contributed by atoms with E-state index in [9.17, 15) is 13.2 Å². The highest BCUT2D eigenvalue weighted by Crippen LogP contribution is 2.38. The SMILES string of the molecule is CCCn1nc(C)c(N)c1N(CC(F)(F)F)C1CC1. The Labute approximate surface area is 110 Å². The quantitative estimate of drug-likeness (QED) is 0.899. The van der Waals surface area contributed by atoms with Crippen molar-refractivity contribution in [3.8, 4) is 0 Å². The smallest absolute Gasteiger partial charge is 0.394 e. The van der Waals surface area contributed by atoms with E-state index in [2.05, 4.69) is 5.10 Å². The first kappa shape index (κ1) is 14.0. The largest absolute Gasteiger partial charge is 0.405 e. The topological polar surface area (TPSA) is 47.1 Å². The van der Waals surface area contributed by atoms with Crippen molar-refractivity contribution < 1.29 is 13.2 Å². The van der Waals surface area contributed by atoms with Crippen molar-refractivity contribution in [3.05, 3.63) is 5.69 Å². The summed E-state index contributed by atoms with van der Waals surface area (Å²) >= 11 is 0. The second-order valence-electron chi connectivity index (χ2n) is 5.02. The van der Waals surface area contributed by atoms with Crippen LogP contribution in [0.2, 0.25) is 0 Å². The fourth-order valence-electron chi connectivity index (χ4n) is 2.21. The van der Waals surface area contributed by atoms with Gasteiger partial charge in [-0.15, -0.1) is 0 Å². The first-order valence-electron chi connectivity index (χ1n) is 6.49. The zero-order valence-electron chi connectivity index (χ0n) is 11.2. The molecule has 0 bridgehead atoms. The third kappa shape index (κ3) is 3.13. The Bertz CT molecular complexity index is 449. The lowest BCUT2D eigenvalue weighted by Crippen LogP contribution is -2.37. The normalized spacial score (nSPS) is 15.8. The summed E-state index contributed by atoms with van der Waals surface area (Å²) in [6.45, 7) is 3.30. The van der Waals surface area contributed by atoms with Crippen molar-refractivity contribution in [1.82, 2.24) is 9.78 Å². The van der Waals surface area contributed by atoms with E-state index in [-0.39, 0.29) is 6.04 Å². The highest BCUT2D eigenvalue weighted by atomic mass is 19.4. The Morgan fingerprint density at radius 2 is 2.05 bits per heavy atom. The molecule has 0 unspecified atom stereocenters. The van der Waals surface area contributed by atoms with Gasteiger partial charge in [0.1, 0.15) is 6.54 Å². The van der Waals surface area contributed by atoms with Crippen LogP contribution in [-0.4, -0.2) is 28.5 Å². The number of anilines is 2. The van der Waals surface area contributed by atoms with Crippen LogP contribution in [0.3, 0.4) is 0 Å². The zero-order valence-corrected chi connectivity index (χ0v) is 11.2. The Balaban J connectivity index is 2.35. The fraction of sp³-hybridized carbons (Fsp3) is 0.750. The van der Waals surface area contributed by atoms with Crippen LogP contribution >= 0.6 is 0 Å². The highest BCUT2D eigenvalue weighted by Gasteiger charge is 2.40. The number of nitrogen functional groups attached to an aromatic ring is 1. The molecule has 108 valence electrons. The lowest BCUT2D eigenvalue weighted by atomic mass is 10.3. The molecule has 0 spiro atoms. The standard InChI is InChI=1S/C12H19F3N4/c1-3-6-19-11(10(16)8(2)17-19)18(9-4-5-9)7-12(13,14)15/h9H,3-7,16H2,1-2H3. The minimum Gasteiger partial charge on any atom is -0.394 e. The first-order chi connectivity index (χ1) is 8.83. The summed E-state index contributed by atoms with van der Waals surface area (Å²) in [7, 11) is 0. The van der Waals surface area contributed by atoms with Gasteiger partial charge in [-0.1, -0.05) is 6.92 Å². The van der Waals surface area contributed by atoms with Gasteiger partial charge in [0, 0.05) is 12.6 Å². The summed E-state index contributed by atoms with van der Waals surface area (Å²) < 4.78 is 39.8. The molecule has 1 fully saturated rings. The molecule has 7 heteroatoms. The van der Waals surface area contributed by atoms with Gasteiger partial charge in [-0.3, -0.25) is 0 Å². The fourth-order valence-corrected chi connectivity index (χ4v) is 2.21. The van der Waals surface area contributed by atoms with Crippen LogP contribution in [-0.2, 0) is 6.54 Å². The number of aryl methyl sites for hydroxylation is 2. The monoisotopic (exact) mass is 276 g/mol. The van der Waals surface area contributed by atoms with Crippen molar-refractivity contribution >= 4 is 11.5 Å². The molecule has 1 heterocycles. The second kappa shape index (κ2) is 4.94. The van der Waals surface area contributed by atoms with Crippen molar-refractivity contribution in [3.63, 3.8) is 0 Å². The van der Waals surface area contributed by atoms with Crippen molar-refractivity contribution in [2.75, 3.05) is 17.2 Å². The molecule has 4 nitrogen and oxygen atoms in total. The predicted molar refractivity (Wildman–Crippen MR) is 68.1 cm³/mol. The summed E-state index contributed by atoms with van der Waals surface area (Å²) in [5, 5.41) is 4.24. The van der Waals surface area contributed by atoms with E-state index < -0.39 is 12.7 Å².